The normalized spacial score (nSPS) is 12.8. The fraction of sp³-hybridized carbons (Fsp3) is 0.625. The van der Waals surface area contributed by atoms with Crippen LogP contribution in [0.5, 0.6) is 0 Å². The second-order valence-electron chi connectivity index (χ2n) is 5.35. The van der Waals surface area contributed by atoms with E-state index < -0.39 is 0 Å². The summed E-state index contributed by atoms with van der Waals surface area (Å²) in [5.74, 6) is -0.195. The number of hydrogen-bond donors (Lipinski definition) is 2. The van der Waals surface area contributed by atoms with E-state index in [9.17, 15) is 4.39 Å². The van der Waals surface area contributed by atoms with Gasteiger partial charge in [0.15, 0.2) is 0 Å². The van der Waals surface area contributed by atoms with E-state index in [4.69, 9.17) is 5.11 Å². The van der Waals surface area contributed by atoms with E-state index in [1.807, 2.05) is 44.7 Å². The number of hydrogen-bond acceptors (Lipinski definition) is 3. The molecule has 0 aliphatic rings. The van der Waals surface area contributed by atoms with Crippen LogP contribution in [0.4, 0.5) is 10.1 Å². The van der Waals surface area contributed by atoms with Crippen LogP contribution in [0, 0.1) is 5.82 Å². The molecule has 0 fully saturated rings. The highest BCUT2D eigenvalue weighted by atomic mass is 19.1. The summed E-state index contributed by atoms with van der Waals surface area (Å²) in [6.45, 7) is 9.78. The van der Waals surface area contributed by atoms with E-state index in [0.717, 1.165) is 12.1 Å². The van der Waals surface area contributed by atoms with Crippen LogP contribution in [-0.4, -0.2) is 30.8 Å². The van der Waals surface area contributed by atoms with Crippen molar-refractivity contribution < 1.29 is 9.50 Å². The molecule has 0 amide bonds. The van der Waals surface area contributed by atoms with Crippen LogP contribution in [-0.2, 0) is 0 Å². The molecule has 0 heterocycles. The summed E-state index contributed by atoms with van der Waals surface area (Å²) in [6, 6.07) is 5.77. The van der Waals surface area contributed by atoms with Crippen LogP contribution in [0.1, 0.15) is 45.7 Å². The number of aliphatic hydroxyl groups excluding tert-OH is 1. The van der Waals surface area contributed by atoms with E-state index in [2.05, 4.69) is 5.32 Å². The van der Waals surface area contributed by atoms with E-state index in [-0.39, 0.29) is 24.5 Å². The average molecular weight is 282 g/mol. The Morgan fingerprint density at radius 3 is 2.50 bits per heavy atom. The van der Waals surface area contributed by atoms with Gasteiger partial charge in [0, 0.05) is 25.2 Å². The zero-order valence-corrected chi connectivity index (χ0v) is 13.0. The van der Waals surface area contributed by atoms with Crippen LogP contribution in [0.25, 0.3) is 0 Å². The third-order valence-electron chi connectivity index (χ3n) is 3.47. The third kappa shape index (κ3) is 4.46. The monoisotopic (exact) mass is 282 g/mol. The van der Waals surface area contributed by atoms with Crippen LogP contribution < -0.4 is 10.2 Å². The summed E-state index contributed by atoms with van der Waals surface area (Å²) in [5, 5.41) is 12.2. The number of benzene rings is 1. The van der Waals surface area contributed by atoms with Crippen molar-refractivity contribution in [3.05, 3.63) is 29.6 Å². The lowest BCUT2D eigenvalue weighted by Gasteiger charge is -2.29. The highest BCUT2D eigenvalue weighted by molar-refractivity contribution is 5.50. The Bertz CT molecular complexity index is 409. The van der Waals surface area contributed by atoms with Crippen molar-refractivity contribution in [2.75, 3.05) is 24.6 Å². The molecule has 1 atom stereocenters. The zero-order valence-electron chi connectivity index (χ0n) is 13.0. The maximum Gasteiger partial charge on any atom is 0.146 e. The molecule has 0 aliphatic heterocycles. The minimum absolute atomic E-state index is 0.125. The van der Waals surface area contributed by atoms with Gasteiger partial charge in [0.05, 0.1) is 5.69 Å². The van der Waals surface area contributed by atoms with Crippen molar-refractivity contribution in [3.8, 4) is 0 Å². The molecular weight excluding hydrogens is 255 g/mol. The Balaban J connectivity index is 2.94. The number of aliphatic hydroxyl groups is 1. The predicted molar refractivity (Wildman–Crippen MR) is 82.7 cm³/mol. The van der Waals surface area contributed by atoms with Crippen molar-refractivity contribution in [3.63, 3.8) is 0 Å². The van der Waals surface area contributed by atoms with Gasteiger partial charge in [-0.05, 0) is 51.4 Å². The first-order valence-corrected chi connectivity index (χ1v) is 7.41. The fourth-order valence-corrected chi connectivity index (χ4v) is 2.35. The molecule has 20 heavy (non-hydrogen) atoms. The summed E-state index contributed by atoms with van der Waals surface area (Å²) >= 11 is 0. The minimum Gasteiger partial charge on any atom is -0.396 e. The van der Waals surface area contributed by atoms with E-state index in [1.54, 1.807) is 6.07 Å². The van der Waals surface area contributed by atoms with Gasteiger partial charge in [0.2, 0.25) is 0 Å². The van der Waals surface area contributed by atoms with E-state index >= 15 is 0 Å². The first-order chi connectivity index (χ1) is 9.51. The van der Waals surface area contributed by atoms with Gasteiger partial charge in [-0.1, -0.05) is 13.0 Å². The van der Waals surface area contributed by atoms with Crippen LogP contribution in [0.3, 0.4) is 0 Å². The molecule has 4 heteroatoms. The smallest absolute Gasteiger partial charge is 0.146 e. The van der Waals surface area contributed by atoms with Gasteiger partial charge in [0.25, 0.3) is 0 Å². The SMILES string of the molecule is CCNC(C)c1ccc(N(CCCO)C(C)C)c(F)c1. The Kier molecular flexibility index (Phi) is 6.96. The molecular formula is C16H27FN2O. The molecule has 114 valence electrons. The lowest BCUT2D eigenvalue weighted by molar-refractivity contribution is 0.288. The van der Waals surface area contributed by atoms with Gasteiger partial charge < -0.3 is 15.3 Å². The Labute approximate surface area is 121 Å². The average Bonchev–Trinajstić information content (AvgIpc) is 2.40. The Morgan fingerprint density at radius 1 is 1.30 bits per heavy atom. The van der Waals surface area contributed by atoms with Crippen LogP contribution in [0.15, 0.2) is 18.2 Å². The van der Waals surface area contributed by atoms with Crippen molar-refractivity contribution in [1.29, 1.82) is 0 Å². The second kappa shape index (κ2) is 8.22. The van der Waals surface area contributed by atoms with E-state index in [1.165, 1.54) is 0 Å². The molecule has 0 bridgehead atoms. The molecule has 0 saturated carbocycles. The summed E-state index contributed by atoms with van der Waals surface area (Å²) in [6.07, 6.45) is 0.646. The van der Waals surface area contributed by atoms with Crippen molar-refractivity contribution in [2.24, 2.45) is 0 Å². The van der Waals surface area contributed by atoms with Crippen LogP contribution >= 0.6 is 0 Å². The predicted octanol–water partition coefficient (Wildman–Crippen LogP) is 3.09. The standard InChI is InChI=1S/C16H27FN2O/c1-5-18-13(4)14-7-8-16(15(17)11-14)19(12(2)3)9-6-10-20/h7-8,11-13,18,20H,5-6,9-10H2,1-4H3. The molecule has 1 rings (SSSR count). The summed E-state index contributed by atoms with van der Waals surface area (Å²) < 4.78 is 14.4. The number of anilines is 1. The topological polar surface area (TPSA) is 35.5 Å². The summed E-state index contributed by atoms with van der Waals surface area (Å²) in [7, 11) is 0. The lowest BCUT2D eigenvalue weighted by Crippen LogP contribution is -2.33. The van der Waals surface area contributed by atoms with Crippen molar-refractivity contribution >= 4 is 5.69 Å². The number of rotatable bonds is 8. The number of nitrogens with one attached hydrogen (secondary N) is 1. The first-order valence-electron chi connectivity index (χ1n) is 7.41. The molecule has 1 aromatic carbocycles. The van der Waals surface area contributed by atoms with Gasteiger partial charge >= 0.3 is 0 Å². The molecule has 0 aromatic heterocycles. The Morgan fingerprint density at radius 2 is 2.00 bits per heavy atom. The molecule has 0 aliphatic carbocycles. The maximum absolute atomic E-state index is 14.4. The van der Waals surface area contributed by atoms with Gasteiger partial charge in [-0.2, -0.15) is 0 Å². The third-order valence-corrected chi connectivity index (χ3v) is 3.47. The minimum atomic E-state index is -0.195. The quantitative estimate of drug-likeness (QED) is 0.769. The molecule has 3 nitrogen and oxygen atoms in total. The van der Waals surface area contributed by atoms with Crippen molar-refractivity contribution in [1.82, 2.24) is 5.32 Å². The number of nitrogens with zero attached hydrogens (tertiary/aromatic N) is 1. The number of halogens is 1. The van der Waals surface area contributed by atoms with Gasteiger partial charge in [0.1, 0.15) is 5.82 Å². The molecule has 0 spiro atoms. The highest BCUT2D eigenvalue weighted by Gasteiger charge is 2.16. The van der Waals surface area contributed by atoms with E-state index in [0.29, 0.717) is 18.7 Å². The summed E-state index contributed by atoms with van der Waals surface area (Å²) in [5.41, 5.74) is 1.57. The zero-order chi connectivity index (χ0) is 15.1. The largest absolute Gasteiger partial charge is 0.396 e. The van der Waals surface area contributed by atoms with Gasteiger partial charge in [-0.15, -0.1) is 0 Å². The fourth-order valence-electron chi connectivity index (χ4n) is 2.35. The molecule has 0 saturated heterocycles. The maximum atomic E-state index is 14.4. The van der Waals surface area contributed by atoms with Gasteiger partial charge in [-0.25, -0.2) is 4.39 Å². The first kappa shape index (κ1) is 16.9. The Hall–Kier alpha value is -1.13. The summed E-state index contributed by atoms with van der Waals surface area (Å²) in [4.78, 5) is 1.99. The van der Waals surface area contributed by atoms with Gasteiger partial charge in [-0.3, -0.25) is 0 Å². The molecule has 1 aromatic rings. The molecule has 1 unspecified atom stereocenters. The molecule has 0 radical (unpaired) electrons. The molecule has 2 N–H and O–H groups in total. The second-order valence-corrected chi connectivity index (χ2v) is 5.35. The van der Waals surface area contributed by atoms with Crippen molar-refractivity contribution in [2.45, 2.75) is 46.2 Å². The lowest BCUT2D eigenvalue weighted by atomic mass is 10.1. The van der Waals surface area contributed by atoms with Crippen LogP contribution in [0.2, 0.25) is 0 Å². The highest BCUT2D eigenvalue weighted by Crippen LogP contribution is 2.25.